The molecule has 0 spiro atoms. The number of carbonyl (C=O) groups excluding carboxylic acids is 1. The normalized spacial score (nSPS) is 13.4. The summed E-state index contributed by atoms with van der Waals surface area (Å²) in [7, 11) is 0. The Bertz CT molecular complexity index is 1350. The highest BCUT2D eigenvalue weighted by Gasteiger charge is 2.27. The number of amides is 1. The monoisotopic (exact) mass is 491 g/mol. The van der Waals surface area contributed by atoms with Gasteiger partial charge < -0.3 is 9.88 Å². The van der Waals surface area contributed by atoms with Crippen LogP contribution in [0.15, 0.2) is 69.4 Å². The molecular weight excluding hydrogens is 466 g/mol. The van der Waals surface area contributed by atoms with Crippen LogP contribution in [0.4, 0.5) is 5.69 Å². The number of nitrogens with zero attached hydrogens (tertiary/aromatic N) is 4. The molecule has 0 aliphatic carbocycles. The summed E-state index contributed by atoms with van der Waals surface area (Å²) in [6.07, 6.45) is 5.93. The summed E-state index contributed by atoms with van der Waals surface area (Å²) in [4.78, 5) is 31.9. The molecule has 2 aromatic carbocycles. The number of benzene rings is 2. The predicted molar refractivity (Wildman–Crippen MR) is 137 cm³/mol. The lowest BCUT2D eigenvalue weighted by molar-refractivity contribution is -0.113. The van der Waals surface area contributed by atoms with Crippen molar-refractivity contribution in [3.8, 4) is 17.1 Å². The lowest BCUT2D eigenvalue weighted by atomic mass is 10.1. The van der Waals surface area contributed by atoms with E-state index in [1.54, 1.807) is 11.8 Å². The number of thioether (sulfide) groups is 2. The fraction of sp³-hybridized carbons (Fsp3) is 0.280. The molecule has 3 aliphatic rings. The Balaban J connectivity index is 1.47. The predicted octanol–water partition coefficient (Wildman–Crippen LogP) is 4.71. The molecule has 34 heavy (non-hydrogen) atoms. The summed E-state index contributed by atoms with van der Waals surface area (Å²) in [5, 5.41) is 8.30. The number of carbonyl (C=O) groups is 1. The van der Waals surface area contributed by atoms with E-state index in [0.29, 0.717) is 11.4 Å². The van der Waals surface area contributed by atoms with E-state index in [1.807, 2.05) is 60.9 Å². The number of hydrogen-bond donors (Lipinski definition) is 1. The van der Waals surface area contributed by atoms with Crippen molar-refractivity contribution < 1.29 is 4.79 Å². The van der Waals surface area contributed by atoms with Gasteiger partial charge in [-0.1, -0.05) is 48.5 Å². The first-order chi connectivity index (χ1) is 16.7. The molecule has 1 N–H and O–H groups in total. The van der Waals surface area contributed by atoms with E-state index in [2.05, 4.69) is 15.0 Å². The molecule has 0 saturated heterocycles. The van der Waals surface area contributed by atoms with Gasteiger partial charge in [0.2, 0.25) is 5.91 Å². The lowest BCUT2D eigenvalue weighted by Crippen LogP contribution is -2.20. The minimum atomic E-state index is -0.137. The van der Waals surface area contributed by atoms with Crippen molar-refractivity contribution >= 4 is 35.1 Å². The van der Waals surface area contributed by atoms with Crippen LogP contribution in [0, 0.1) is 0 Å². The van der Waals surface area contributed by atoms with Crippen LogP contribution in [0.5, 0.6) is 0 Å². The molecule has 0 saturated carbocycles. The number of nitrogens with one attached hydrogen (secondary N) is 1. The van der Waals surface area contributed by atoms with Crippen LogP contribution in [-0.2, 0) is 17.8 Å². The number of hydrogen-bond acceptors (Lipinski definition) is 6. The van der Waals surface area contributed by atoms with Crippen molar-refractivity contribution in [3.05, 3.63) is 70.6 Å². The van der Waals surface area contributed by atoms with Crippen molar-refractivity contribution in [3.63, 3.8) is 0 Å². The Labute approximate surface area is 206 Å². The third-order valence-electron chi connectivity index (χ3n) is 5.88. The zero-order chi connectivity index (χ0) is 23.5. The van der Waals surface area contributed by atoms with Gasteiger partial charge in [0.05, 0.1) is 17.1 Å². The largest absolute Gasteiger partial charge is 0.324 e. The summed E-state index contributed by atoms with van der Waals surface area (Å²) in [5.41, 5.74) is 2.97. The van der Waals surface area contributed by atoms with Gasteiger partial charge >= 0.3 is 0 Å². The second-order valence-electron chi connectivity index (χ2n) is 8.09. The number of anilines is 1. The highest BCUT2D eigenvalue weighted by Crippen LogP contribution is 2.31. The maximum Gasteiger partial charge on any atom is 0.284 e. The molecule has 9 heteroatoms. The van der Waals surface area contributed by atoms with Crippen molar-refractivity contribution in [1.29, 1.82) is 0 Å². The summed E-state index contributed by atoms with van der Waals surface area (Å²) in [6.45, 7) is 0.785. The molecule has 3 heterocycles. The van der Waals surface area contributed by atoms with E-state index in [1.165, 1.54) is 16.4 Å². The van der Waals surface area contributed by atoms with Gasteiger partial charge in [-0.05, 0) is 49.8 Å². The molecule has 0 unspecified atom stereocenters. The van der Waals surface area contributed by atoms with E-state index in [-0.39, 0.29) is 17.2 Å². The fourth-order valence-electron chi connectivity index (χ4n) is 4.27. The molecule has 3 aliphatic heterocycles. The van der Waals surface area contributed by atoms with E-state index < -0.39 is 0 Å². The second kappa shape index (κ2) is 10.1. The molecular formula is C25H25N5O2S2. The maximum atomic E-state index is 13.3. The number of aromatic nitrogens is 4. The van der Waals surface area contributed by atoms with Crippen LogP contribution in [0.25, 0.3) is 17.1 Å². The average molecular weight is 492 g/mol. The van der Waals surface area contributed by atoms with Crippen LogP contribution < -0.4 is 10.9 Å². The first-order valence-electron chi connectivity index (χ1n) is 11.3. The van der Waals surface area contributed by atoms with Gasteiger partial charge in [-0.2, -0.15) is 4.68 Å². The van der Waals surface area contributed by atoms with Crippen molar-refractivity contribution in [2.24, 2.45) is 0 Å². The summed E-state index contributed by atoms with van der Waals surface area (Å²) in [6, 6.07) is 17.2. The molecule has 1 amide bonds. The molecule has 174 valence electrons. The van der Waals surface area contributed by atoms with Crippen LogP contribution in [-0.4, -0.2) is 37.2 Å². The molecule has 0 fully saturated rings. The molecule has 0 atom stereocenters. The summed E-state index contributed by atoms with van der Waals surface area (Å²) >= 11 is 2.99. The van der Waals surface area contributed by atoms with Gasteiger partial charge in [0.15, 0.2) is 11.0 Å². The number of rotatable bonds is 6. The van der Waals surface area contributed by atoms with Crippen LogP contribution in [0.3, 0.4) is 0 Å². The van der Waals surface area contributed by atoms with Gasteiger partial charge in [-0.3, -0.25) is 9.59 Å². The molecule has 2 aromatic rings. The van der Waals surface area contributed by atoms with Crippen LogP contribution >= 0.6 is 23.5 Å². The third-order valence-corrected chi connectivity index (χ3v) is 7.65. The molecule has 5 rings (SSSR count). The smallest absolute Gasteiger partial charge is 0.284 e. The first kappa shape index (κ1) is 22.7. The highest BCUT2D eigenvalue weighted by atomic mass is 32.2. The Kier molecular flexibility index (Phi) is 6.73. The van der Waals surface area contributed by atoms with E-state index in [0.717, 1.165) is 59.3 Å². The third kappa shape index (κ3) is 4.50. The quantitative estimate of drug-likeness (QED) is 0.311. The van der Waals surface area contributed by atoms with Crippen LogP contribution in [0.2, 0.25) is 0 Å². The van der Waals surface area contributed by atoms with Crippen molar-refractivity contribution in [2.45, 2.75) is 42.3 Å². The number of fused-ring (bicyclic) bond motifs is 3. The topological polar surface area (TPSA) is 81.8 Å². The standard InChI is InChI=1S/C25H25N5O2S2/c1-33-20-14-8-7-12-18(20)26-21(31)16-34-25-27-23-22(19-13-6-3-9-15-29(19)25)24(32)30(28-23)17-10-4-2-5-11-17/h2,4-5,7-8,10-12,14H,3,6,9,13,15-16H2,1H3,(H,26,31). The summed E-state index contributed by atoms with van der Waals surface area (Å²) < 4.78 is 3.56. The second-order valence-corrected chi connectivity index (χ2v) is 9.88. The summed E-state index contributed by atoms with van der Waals surface area (Å²) in [5.74, 6) is 0.581. The van der Waals surface area contributed by atoms with Crippen molar-refractivity contribution in [1.82, 2.24) is 19.3 Å². The van der Waals surface area contributed by atoms with Crippen LogP contribution in [0.1, 0.15) is 25.0 Å². The average Bonchev–Trinajstić information content (AvgIpc) is 3.03. The fourth-order valence-corrected chi connectivity index (χ4v) is 5.67. The lowest BCUT2D eigenvalue weighted by Gasteiger charge is -2.17. The Morgan fingerprint density at radius 3 is 2.68 bits per heavy atom. The van der Waals surface area contributed by atoms with E-state index in [4.69, 9.17) is 4.98 Å². The molecule has 0 radical (unpaired) electrons. The first-order valence-corrected chi connectivity index (χ1v) is 13.5. The SMILES string of the molecule is CSc1ccccc1NC(=O)CSc1nc2nn(-c3ccccc3)c(=O)c-2c2n1CCCCC2. The van der Waals surface area contributed by atoms with Gasteiger partial charge in [0.1, 0.15) is 5.56 Å². The zero-order valence-electron chi connectivity index (χ0n) is 18.9. The maximum absolute atomic E-state index is 13.3. The molecule has 0 bridgehead atoms. The van der Waals surface area contributed by atoms with Gasteiger partial charge in [-0.15, -0.1) is 16.9 Å². The number of para-hydroxylation sites is 2. The Hall–Kier alpha value is -3.04. The minimum absolute atomic E-state index is 0.0873. The van der Waals surface area contributed by atoms with E-state index >= 15 is 0 Å². The molecule has 0 aromatic heterocycles. The van der Waals surface area contributed by atoms with Gasteiger partial charge in [-0.25, -0.2) is 4.98 Å². The Morgan fingerprint density at radius 2 is 1.85 bits per heavy atom. The zero-order valence-corrected chi connectivity index (χ0v) is 20.5. The van der Waals surface area contributed by atoms with Crippen molar-refractivity contribution in [2.75, 3.05) is 17.3 Å². The van der Waals surface area contributed by atoms with E-state index in [9.17, 15) is 9.59 Å². The van der Waals surface area contributed by atoms with Gasteiger partial charge in [0.25, 0.3) is 5.56 Å². The molecule has 7 nitrogen and oxygen atoms in total. The van der Waals surface area contributed by atoms with Gasteiger partial charge in [0, 0.05) is 17.1 Å². The minimum Gasteiger partial charge on any atom is -0.324 e. The highest BCUT2D eigenvalue weighted by molar-refractivity contribution is 7.99. The Morgan fingerprint density at radius 1 is 1.06 bits per heavy atom.